The van der Waals surface area contributed by atoms with Crippen LogP contribution in [0.3, 0.4) is 0 Å². The minimum absolute atomic E-state index is 0.0182. The van der Waals surface area contributed by atoms with Gasteiger partial charge in [-0.3, -0.25) is 14.3 Å². The number of hydrogen-bond donors (Lipinski definition) is 2. The number of nitrogens with zero attached hydrogens (tertiary/aromatic N) is 4. The second-order valence-electron chi connectivity index (χ2n) is 9.17. The van der Waals surface area contributed by atoms with Gasteiger partial charge in [-0.05, 0) is 36.8 Å². The van der Waals surface area contributed by atoms with Crippen molar-refractivity contribution in [3.05, 3.63) is 112 Å². The monoisotopic (exact) mass is 568 g/mol. The van der Waals surface area contributed by atoms with Crippen LogP contribution >= 0.6 is 0 Å². The SMILES string of the molecule is C=C(CC(CC)n1c(=O)[nH]c2ccc(F)c(F)c21)NC(=O)c1cc(-c2cccnc2)n(-c2cc(F)c(F)c(F)c2)n1. The smallest absolute Gasteiger partial charge is 0.325 e. The van der Waals surface area contributed by atoms with Crippen LogP contribution < -0.4 is 11.0 Å². The average molecular weight is 569 g/mol. The van der Waals surface area contributed by atoms with Crippen LogP contribution in [0.4, 0.5) is 22.0 Å². The predicted octanol–water partition coefficient (Wildman–Crippen LogP) is 5.56. The third kappa shape index (κ3) is 5.13. The number of carbonyl (C=O) groups excluding carboxylic acids is 1. The van der Waals surface area contributed by atoms with Crippen molar-refractivity contribution in [2.75, 3.05) is 0 Å². The van der Waals surface area contributed by atoms with Crippen LogP contribution in [0.1, 0.15) is 36.3 Å². The van der Waals surface area contributed by atoms with Crippen molar-refractivity contribution in [1.82, 2.24) is 29.6 Å². The molecule has 0 fully saturated rings. The van der Waals surface area contributed by atoms with Gasteiger partial charge in [-0.15, -0.1) is 0 Å². The lowest BCUT2D eigenvalue weighted by molar-refractivity contribution is 0.0958. The zero-order chi connectivity index (χ0) is 29.4. The number of amides is 1. The van der Waals surface area contributed by atoms with E-state index in [-0.39, 0.29) is 40.2 Å². The molecule has 1 atom stereocenters. The van der Waals surface area contributed by atoms with Gasteiger partial charge in [0.15, 0.2) is 34.8 Å². The Labute approximate surface area is 228 Å². The minimum Gasteiger partial charge on any atom is -0.325 e. The quantitative estimate of drug-likeness (QED) is 0.189. The molecular formula is C28H21F5N6O2. The van der Waals surface area contributed by atoms with E-state index in [0.717, 1.165) is 27.4 Å². The third-order valence-corrected chi connectivity index (χ3v) is 6.49. The molecule has 13 heteroatoms. The Balaban J connectivity index is 1.44. The maximum Gasteiger partial charge on any atom is 0.326 e. The molecule has 3 aromatic heterocycles. The second-order valence-corrected chi connectivity index (χ2v) is 9.17. The molecule has 210 valence electrons. The first kappa shape index (κ1) is 27.5. The fraction of sp³-hybridized carbons (Fsp3) is 0.143. The largest absolute Gasteiger partial charge is 0.326 e. The van der Waals surface area contributed by atoms with Gasteiger partial charge in [-0.25, -0.2) is 31.4 Å². The third-order valence-electron chi connectivity index (χ3n) is 6.49. The Kier molecular flexibility index (Phi) is 7.26. The molecule has 0 radical (unpaired) electrons. The molecule has 0 aliphatic heterocycles. The van der Waals surface area contributed by atoms with Crippen molar-refractivity contribution >= 4 is 16.9 Å². The highest BCUT2D eigenvalue weighted by Crippen LogP contribution is 2.27. The number of aromatic nitrogens is 5. The van der Waals surface area contributed by atoms with Crippen LogP contribution in [-0.4, -0.2) is 30.2 Å². The Morgan fingerprint density at radius 2 is 1.78 bits per heavy atom. The maximum absolute atomic E-state index is 14.6. The Bertz CT molecular complexity index is 1840. The van der Waals surface area contributed by atoms with Crippen molar-refractivity contribution in [3.63, 3.8) is 0 Å². The van der Waals surface area contributed by atoms with Gasteiger partial charge in [0.25, 0.3) is 5.91 Å². The number of carbonyl (C=O) groups is 1. The number of benzene rings is 2. The number of pyridine rings is 1. The summed E-state index contributed by atoms with van der Waals surface area (Å²) < 4.78 is 72.3. The molecule has 41 heavy (non-hydrogen) atoms. The second kappa shape index (κ2) is 10.8. The Hall–Kier alpha value is -5.07. The molecule has 8 nitrogen and oxygen atoms in total. The molecule has 0 aliphatic carbocycles. The van der Waals surface area contributed by atoms with E-state index in [1.165, 1.54) is 24.5 Å². The molecule has 1 unspecified atom stereocenters. The number of allylic oxidation sites excluding steroid dienone is 1. The van der Waals surface area contributed by atoms with E-state index in [4.69, 9.17) is 0 Å². The van der Waals surface area contributed by atoms with Crippen LogP contribution in [0.25, 0.3) is 28.0 Å². The fourth-order valence-electron chi connectivity index (χ4n) is 4.55. The van der Waals surface area contributed by atoms with Gasteiger partial charge in [0, 0.05) is 48.2 Å². The average Bonchev–Trinajstić information content (AvgIpc) is 3.54. The molecular weight excluding hydrogens is 547 g/mol. The highest BCUT2D eigenvalue weighted by molar-refractivity contribution is 5.94. The number of halogens is 5. The predicted molar refractivity (Wildman–Crippen MR) is 140 cm³/mol. The maximum atomic E-state index is 14.6. The summed E-state index contributed by atoms with van der Waals surface area (Å²) in [7, 11) is 0. The molecule has 1 amide bonds. The first-order chi connectivity index (χ1) is 19.6. The summed E-state index contributed by atoms with van der Waals surface area (Å²) >= 11 is 0. The number of rotatable bonds is 8. The summed E-state index contributed by atoms with van der Waals surface area (Å²) in [6.07, 6.45) is 3.23. The summed E-state index contributed by atoms with van der Waals surface area (Å²) in [5.41, 5.74) is -0.331. The van der Waals surface area contributed by atoms with Crippen molar-refractivity contribution in [2.45, 2.75) is 25.8 Å². The molecule has 2 N–H and O–H groups in total. The van der Waals surface area contributed by atoms with Gasteiger partial charge in [-0.1, -0.05) is 13.5 Å². The van der Waals surface area contributed by atoms with Crippen molar-refractivity contribution in [1.29, 1.82) is 0 Å². The van der Waals surface area contributed by atoms with Crippen LogP contribution in [0.2, 0.25) is 0 Å². The van der Waals surface area contributed by atoms with Crippen molar-refractivity contribution in [2.24, 2.45) is 0 Å². The van der Waals surface area contributed by atoms with E-state index in [2.05, 4.69) is 27.0 Å². The number of H-pyrrole nitrogens is 1. The number of nitrogens with one attached hydrogen (secondary N) is 2. The molecule has 0 aliphatic rings. The van der Waals surface area contributed by atoms with Crippen molar-refractivity contribution in [3.8, 4) is 16.9 Å². The lowest BCUT2D eigenvalue weighted by Crippen LogP contribution is -2.28. The van der Waals surface area contributed by atoms with E-state index in [1.807, 2.05) is 0 Å². The molecule has 5 aromatic rings. The number of fused-ring (bicyclic) bond motifs is 1. The summed E-state index contributed by atoms with van der Waals surface area (Å²) in [4.78, 5) is 32.3. The summed E-state index contributed by atoms with van der Waals surface area (Å²) in [5, 5.41) is 6.74. The van der Waals surface area contributed by atoms with E-state index in [9.17, 15) is 31.5 Å². The standard InChI is InChI=1S/C28H21F5N6O2/c1-3-16(38-26-21(36-28(38)41)7-6-18(29)25(26)33)9-14(2)35-27(40)22-12-23(15-5-4-8-34-13-15)39(37-22)17-10-19(30)24(32)20(31)11-17/h4-8,10-13,16H,2-3,9H2,1H3,(H,35,40)(H,36,41). The zero-order valence-electron chi connectivity index (χ0n) is 21.4. The molecule has 3 heterocycles. The summed E-state index contributed by atoms with van der Waals surface area (Å²) in [5.74, 6) is -7.59. The molecule has 2 aromatic carbocycles. The van der Waals surface area contributed by atoms with Gasteiger partial charge in [0.1, 0.15) is 5.52 Å². The first-order valence-corrected chi connectivity index (χ1v) is 12.3. The lowest BCUT2D eigenvalue weighted by atomic mass is 10.1. The van der Waals surface area contributed by atoms with Gasteiger partial charge in [0.2, 0.25) is 0 Å². The van der Waals surface area contributed by atoms with Crippen molar-refractivity contribution < 1.29 is 26.7 Å². The lowest BCUT2D eigenvalue weighted by Gasteiger charge is -2.19. The molecule has 0 saturated heterocycles. The van der Waals surface area contributed by atoms with E-state index < -0.39 is 46.7 Å². The Morgan fingerprint density at radius 3 is 2.44 bits per heavy atom. The zero-order valence-corrected chi connectivity index (χ0v) is 21.4. The van der Waals surface area contributed by atoms with Gasteiger partial charge >= 0.3 is 5.69 Å². The molecule has 0 spiro atoms. The summed E-state index contributed by atoms with van der Waals surface area (Å²) in [6.45, 7) is 5.56. The Morgan fingerprint density at radius 1 is 1.05 bits per heavy atom. The van der Waals surface area contributed by atoms with Crippen LogP contribution in [0.5, 0.6) is 0 Å². The normalized spacial score (nSPS) is 12.0. The first-order valence-electron chi connectivity index (χ1n) is 12.3. The van der Waals surface area contributed by atoms with Crippen LogP contribution in [0.15, 0.2) is 71.9 Å². The molecule has 0 saturated carbocycles. The van der Waals surface area contributed by atoms with E-state index in [1.54, 1.807) is 19.1 Å². The van der Waals surface area contributed by atoms with Gasteiger partial charge in [0.05, 0.1) is 16.9 Å². The molecule has 0 bridgehead atoms. The van der Waals surface area contributed by atoms with Gasteiger partial charge in [-0.2, -0.15) is 5.10 Å². The number of imidazole rings is 1. The van der Waals surface area contributed by atoms with Gasteiger partial charge < -0.3 is 10.3 Å². The highest BCUT2D eigenvalue weighted by Gasteiger charge is 2.24. The highest BCUT2D eigenvalue weighted by atomic mass is 19.2. The number of hydrogen-bond acceptors (Lipinski definition) is 4. The van der Waals surface area contributed by atoms with Crippen LogP contribution in [-0.2, 0) is 0 Å². The molecule has 5 rings (SSSR count). The van der Waals surface area contributed by atoms with E-state index in [0.29, 0.717) is 12.0 Å². The minimum atomic E-state index is -1.65. The van der Waals surface area contributed by atoms with Crippen LogP contribution in [0, 0.1) is 29.1 Å². The topological polar surface area (TPSA) is 97.6 Å². The summed E-state index contributed by atoms with van der Waals surface area (Å²) in [6, 6.07) is 7.51. The number of aromatic amines is 1. The fourth-order valence-corrected chi connectivity index (χ4v) is 4.55. The van der Waals surface area contributed by atoms with E-state index >= 15 is 0 Å².